The summed E-state index contributed by atoms with van der Waals surface area (Å²) in [5.74, 6) is -1.39. The monoisotopic (exact) mass is 385 g/mol. The Morgan fingerprint density at radius 1 is 1.19 bits per heavy atom. The van der Waals surface area contributed by atoms with Crippen LogP contribution < -0.4 is 5.32 Å². The summed E-state index contributed by atoms with van der Waals surface area (Å²) in [5, 5.41) is 2.59. The van der Waals surface area contributed by atoms with Gasteiger partial charge in [-0.05, 0) is 18.6 Å². The molecule has 26 heavy (non-hydrogen) atoms. The number of amides is 2. The van der Waals surface area contributed by atoms with E-state index in [0.29, 0.717) is 6.42 Å². The summed E-state index contributed by atoms with van der Waals surface area (Å²) in [6.45, 7) is 4.14. The van der Waals surface area contributed by atoms with Gasteiger partial charge in [-0.2, -0.15) is 4.31 Å². The van der Waals surface area contributed by atoms with Crippen molar-refractivity contribution in [2.45, 2.75) is 25.2 Å². The van der Waals surface area contributed by atoms with Crippen LogP contribution in [0.2, 0.25) is 0 Å². The van der Waals surface area contributed by atoms with Crippen molar-refractivity contribution < 1.29 is 22.4 Å². The highest BCUT2D eigenvalue weighted by molar-refractivity contribution is 7.89. The summed E-state index contributed by atoms with van der Waals surface area (Å²) in [4.78, 5) is 25.0. The lowest BCUT2D eigenvalue weighted by Crippen LogP contribution is -2.52. The van der Waals surface area contributed by atoms with Crippen LogP contribution in [0.5, 0.6) is 0 Å². The standard InChI is InChI=1S/C17H24FN3O4S/c1-3-13(2)17(23)19-12-16(22)20-8-10-21(11-9-20)26(24,25)15-7-5-4-6-14(15)18/h4-7,13H,3,8-12H2,1-2H3,(H,19,23)/t13-/m1/s1. The van der Waals surface area contributed by atoms with E-state index >= 15 is 0 Å². The zero-order chi connectivity index (χ0) is 19.3. The molecule has 0 aliphatic carbocycles. The molecule has 2 amide bonds. The van der Waals surface area contributed by atoms with Crippen LogP contribution in [0.25, 0.3) is 0 Å². The smallest absolute Gasteiger partial charge is 0.246 e. The Hall–Kier alpha value is -2.00. The van der Waals surface area contributed by atoms with E-state index in [1.54, 1.807) is 6.92 Å². The Kier molecular flexibility index (Phi) is 6.71. The second kappa shape index (κ2) is 8.59. The number of carbonyl (C=O) groups is 2. The van der Waals surface area contributed by atoms with E-state index in [1.807, 2.05) is 6.92 Å². The van der Waals surface area contributed by atoms with Gasteiger partial charge in [0.1, 0.15) is 10.7 Å². The summed E-state index contributed by atoms with van der Waals surface area (Å²) in [7, 11) is -3.93. The fraction of sp³-hybridized carbons (Fsp3) is 0.529. The van der Waals surface area contributed by atoms with Gasteiger partial charge in [0.15, 0.2) is 0 Å². The molecule has 0 radical (unpaired) electrons. The number of hydrogen-bond donors (Lipinski definition) is 1. The van der Waals surface area contributed by atoms with Gasteiger partial charge in [-0.1, -0.05) is 26.0 Å². The van der Waals surface area contributed by atoms with Gasteiger partial charge in [0.2, 0.25) is 21.8 Å². The molecule has 1 aromatic carbocycles. The molecule has 1 fully saturated rings. The average Bonchev–Trinajstić information content (AvgIpc) is 2.65. The van der Waals surface area contributed by atoms with Gasteiger partial charge in [-0.15, -0.1) is 0 Å². The molecule has 0 spiro atoms. The number of piperazine rings is 1. The molecular formula is C17H24FN3O4S. The lowest BCUT2D eigenvalue weighted by molar-refractivity contribution is -0.134. The van der Waals surface area contributed by atoms with Gasteiger partial charge in [-0.25, -0.2) is 12.8 Å². The molecule has 0 unspecified atom stereocenters. The minimum atomic E-state index is -3.93. The highest BCUT2D eigenvalue weighted by Gasteiger charge is 2.31. The van der Waals surface area contributed by atoms with Gasteiger partial charge in [0.05, 0.1) is 6.54 Å². The van der Waals surface area contributed by atoms with Crippen LogP contribution in [0.15, 0.2) is 29.2 Å². The number of hydrogen-bond acceptors (Lipinski definition) is 4. The maximum Gasteiger partial charge on any atom is 0.246 e. The highest BCUT2D eigenvalue weighted by atomic mass is 32.2. The first-order valence-electron chi connectivity index (χ1n) is 8.57. The first-order chi connectivity index (χ1) is 12.3. The van der Waals surface area contributed by atoms with Crippen molar-refractivity contribution in [3.63, 3.8) is 0 Å². The predicted molar refractivity (Wildman–Crippen MR) is 94.2 cm³/mol. The minimum Gasteiger partial charge on any atom is -0.347 e. The van der Waals surface area contributed by atoms with Crippen molar-refractivity contribution in [2.75, 3.05) is 32.7 Å². The zero-order valence-corrected chi connectivity index (χ0v) is 15.8. The number of nitrogens with zero attached hydrogens (tertiary/aromatic N) is 2. The quantitative estimate of drug-likeness (QED) is 0.786. The summed E-state index contributed by atoms with van der Waals surface area (Å²) in [6.07, 6.45) is 0.687. The van der Waals surface area contributed by atoms with Crippen LogP contribution in [-0.2, 0) is 19.6 Å². The van der Waals surface area contributed by atoms with E-state index in [4.69, 9.17) is 0 Å². The molecule has 1 aliphatic heterocycles. The van der Waals surface area contributed by atoms with Crippen LogP contribution >= 0.6 is 0 Å². The molecular weight excluding hydrogens is 361 g/mol. The third-order valence-corrected chi connectivity index (χ3v) is 6.45. The Morgan fingerprint density at radius 3 is 2.38 bits per heavy atom. The van der Waals surface area contributed by atoms with Crippen LogP contribution in [0.3, 0.4) is 0 Å². The van der Waals surface area contributed by atoms with Crippen LogP contribution in [0.1, 0.15) is 20.3 Å². The van der Waals surface area contributed by atoms with Crippen LogP contribution in [-0.4, -0.2) is 62.2 Å². The van der Waals surface area contributed by atoms with Crippen molar-refractivity contribution >= 4 is 21.8 Å². The van der Waals surface area contributed by atoms with Gasteiger partial charge in [-0.3, -0.25) is 9.59 Å². The number of rotatable bonds is 6. The Balaban J connectivity index is 1.91. The van der Waals surface area contributed by atoms with Gasteiger partial charge in [0, 0.05) is 32.1 Å². The molecule has 0 saturated carbocycles. The maximum absolute atomic E-state index is 13.8. The van der Waals surface area contributed by atoms with Crippen molar-refractivity contribution in [2.24, 2.45) is 5.92 Å². The van der Waals surface area contributed by atoms with E-state index < -0.39 is 15.8 Å². The third-order valence-electron chi connectivity index (χ3n) is 4.52. The van der Waals surface area contributed by atoms with Gasteiger partial charge in [0.25, 0.3) is 0 Å². The number of nitrogens with one attached hydrogen (secondary N) is 1. The molecule has 1 aliphatic rings. The highest BCUT2D eigenvalue weighted by Crippen LogP contribution is 2.20. The lowest BCUT2D eigenvalue weighted by Gasteiger charge is -2.34. The topological polar surface area (TPSA) is 86.8 Å². The fourth-order valence-electron chi connectivity index (χ4n) is 2.61. The molecule has 9 heteroatoms. The summed E-state index contributed by atoms with van der Waals surface area (Å²) < 4.78 is 40.0. The maximum atomic E-state index is 13.8. The summed E-state index contributed by atoms with van der Waals surface area (Å²) in [5.41, 5.74) is 0. The van der Waals surface area contributed by atoms with Gasteiger partial charge >= 0.3 is 0 Å². The van der Waals surface area contributed by atoms with Crippen molar-refractivity contribution in [1.29, 1.82) is 0 Å². The zero-order valence-electron chi connectivity index (χ0n) is 14.9. The number of carbonyl (C=O) groups excluding carboxylic acids is 2. The first kappa shape index (κ1) is 20.3. The molecule has 144 valence electrons. The Morgan fingerprint density at radius 2 is 1.81 bits per heavy atom. The molecule has 2 rings (SSSR count). The summed E-state index contributed by atoms with van der Waals surface area (Å²) >= 11 is 0. The van der Waals surface area contributed by atoms with E-state index in [2.05, 4.69) is 5.32 Å². The predicted octanol–water partition coefficient (Wildman–Crippen LogP) is 0.821. The van der Waals surface area contributed by atoms with E-state index in [1.165, 1.54) is 27.4 Å². The van der Waals surface area contributed by atoms with Crippen LogP contribution in [0, 0.1) is 11.7 Å². The molecule has 0 aromatic heterocycles. The van der Waals surface area contributed by atoms with Crippen molar-refractivity contribution in [3.8, 4) is 0 Å². The SMILES string of the molecule is CC[C@@H](C)C(=O)NCC(=O)N1CCN(S(=O)(=O)c2ccccc2F)CC1. The lowest BCUT2D eigenvalue weighted by atomic mass is 10.1. The summed E-state index contributed by atoms with van der Waals surface area (Å²) in [6, 6.07) is 5.23. The molecule has 7 nitrogen and oxygen atoms in total. The van der Waals surface area contributed by atoms with E-state index in [0.717, 1.165) is 6.07 Å². The molecule has 1 aromatic rings. The number of halogens is 1. The Labute approximate surface area is 153 Å². The number of sulfonamides is 1. The second-order valence-corrected chi connectivity index (χ2v) is 8.15. The molecule has 1 N–H and O–H groups in total. The first-order valence-corrected chi connectivity index (χ1v) is 10.0. The Bertz CT molecular complexity index is 761. The average molecular weight is 385 g/mol. The normalized spacial score (nSPS) is 17.0. The largest absolute Gasteiger partial charge is 0.347 e. The number of benzene rings is 1. The third kappa shape index (κ3) is 4.59. The van der Waals surface area contributed by atoms with Crippen molar-refractivity contribution in [1.82, 2.24) is 14.5 Å². The molecule has 1 saturated heterocycles. The van der Waals surface area contributed by atoms with E-state index in [-0.39, 0.29) is 55.4 Å². The van der Waals surface area contributed by atoms with Crippen molar-refractivity contribution in [3.05, 3.63) is 30.1 Å². The molecule has 1 atom stereocenters. The fourth-order valence-corrected chi connectivity index (χ4v) is 4.09. The van der Waals surface area contributed by atoms with Crippen LogP contribution in [0.4, 0.5) is 4.39 Å². The molecule has 1 heterocycles. The molecule has 0 bridgehead atoms. The second-order valence-electron chi connectivity index (χ2n) is 6.24. The minimum absolute atomic E-state index is 0.0850. The van der Waals surface area contributed by atoms with E-state index in [9.17, 15) is 22.4 Å². The van der Waals surface area contributed by atoms with Gasteiger partial charge < -0.3 is 10.2 Å².